The quantitative estimate of drug-likeness (QED) is 0.486. The van der Waals surface area contributed by atoms with Crippen molar-refractivity contribution in [2.45, 2.75) is 22.3 Å². The third-order valence-corrected chi connectivity index (χ3v) is 6.80. The number of halogens is 1. The summed E-state index contributed by atoms with van der Waals surface area (Å²) < 4.78 is 31.0. The predicted molar refractivity (Wildman–Crippen MR) is 118 cm³/mol. The molecule has 0 aliphatic carbocycles. The van der Waals surface area contributed by atoms with Crippen LogP contribution < -0.4 is 10.1 Å². The topological polar surface area (TPSA) is 75.6 Å². The maximum absolute atomic E-state index is 12.9. The Hall–Kier alpha value is -2.38. The van der Waals surface area contributed by atoms with Crippen LogP contribution in [-0.4, -0.2) is 33.7 Å². The Balaban J connectivity index is 1.57. The lowest BCUT2D eigenvalue weighted by Crippen LogP contribution is -2.23. The molecule has 0 fully saturated rings. The molecule has 0 aromatic heterocycles. The van der Waals surface area contributed by atoms with Gasteiger partial charge in [0.05, 0.1) is 18.1 Å². The molecule has 30 heavy (non-hydrogen) atoms. The monoisotopic (exact) mass is 445 g/mol. The SMILES string of the molecule is COc1ccccc1S(=O)(=O)c1ccc(CCNCC(O)c2cccc(Cl)c2)cc1. The number of rotatable bonds is 9. The normalized spacial score (nSPS) is 12.5. The molecule has 7 heteroatoms. The second-order valence-electron chi connectivity index (χ2n) is 6.82. The van der Waals surface area contributed by atoms with Gasteiger partial charge in [-0.2, -0.15) is 0 Å². The highest BCUT2D eigenvalue weighted by atomic mass is 35.5. The van der Waals surface area contributed by atoms with Crippen LogP contribution in [0.25, 0.3) is 0 Å². The van der Waals surface area contributed by atoms with E-state index in [-0.39, 0.29) is 9.79 Å². The highest BCUT2D eigenvalue weighted by Gasteiger charge is 2.21. The number of ether oxygens (including phenoxy) is 1. The first-order chi connectivity index (χ1) is 14.4. The van der Waals surface area contributed by atoms with Crippen molar-refractivity contribution in [3.05, 3.63) is 88.9 Å². The van der Waals surface area contributed by atoms with Crippen molar-refractivity contribution < 1.29 is 18.3 Å². The number of aliphatic hydroxyl groups is 1. The van der Waals surface area contributed by atoms with E-state index in [9.17, 15) is 13.5 Å². The molecule has 1 atom stereocenters. The number of sulfone groups is 1. The van der Waals surface area contributed by atoms with Crippen LogP contribution in [0.15, 0.2) is 82.6 Å². The zero-order valence-electron chi connectivity index (χ0n) is 16.6. The molecular formula is C23H24ClNO4S. The Morgan fingerprint density at radius 3 is 2.47 bits per heavy atom. The number of para-hydroxylation sites is 1. The molecule has 0 bridgehead atoms. The Labute approximate surface area is 182 Å². The first kappa shape index (κ1) is 22.3. The average molecular weight is 446 g/mol. The second kappa shape index (κ2) is 10.1. The van der Waals surface area contributed by atoms with Crippen LogP contribution in [0.3, 0.4) is 0 Å². The highest BCUT2D eigenvalue weighted by Crippen LogP contribution is 2.29. The highest BCUT2D eigenvalue weighted by molar-refractivity contribution is 7.91. The largest absolute Gasteiger partial charge is 0.495 e. The van der Waals surface area contributed by atoms with Gasteiger partial charge in [-0.25, -0.2) is 8.42 Å². The van der Waals surface area contributed by atoms with Crippen molar-refractivity contribution in [3.63, 3.8) is 0 Å². The van der Waals surface area contributed by atoms with Crippen molar-refractivity contribution in [2.75, 3.05) is 20.2 Å². The molecular weight excluding hydrogens is 422 g/mol. The summed E-state index contributed by atoms with van der Waals surface area (Å²) in [5, 5.41) is 14.0. The molecule has 158 valence electrons. The van der Waals surface area contributed by atoms with Crippen LogP contribution in [-0.2, 0) is 16.3 Å². The molecule has 5 nitrogen and oxygen atoms in total. The van der Waals surface area contributed by atoms with Crippen molar-refractivity contribution in [1.29, 1.82) is 0 Å². The number of aliphatic hydroxyl groups excluding tert-OH is 1. The Morgan fingerprint density at radius 1 is 1.03 bits per heavy atom. The van der Waals surface area contributed by atoms with Gasteiger partial charge in [0.15, 0.2) is 0 Å². The standard InChI is InChI=1S/C23H24ClNO4S/c1-29-22-7-2-3-8-23(22)30(27,28)20-11-9-17(10-12-20)13-14-25-16-21(26)18-5-4-6-19(24)15-18/h2-12,15,21,25-26H,13-14,16H2,1H3. The molecule has 0 radical (unpaired) electrons. The van der Waals surface area contributed by atoms with E-state index < -0.39 is 15.9 Å². The molecule has 1 unspecified atom stereocenters. The summed E-state index contributed by atoms with van der Waals surface area (Å²) >= 11 is 5.95. The van der Waals surface area contributed by atoms with E-state index in [1.54, 1.807) is 54.6 Å². The first-order valence-electron chi connectivity index (χ1n) is 9.53. The minimum Gasteiger partial charge on any atom is -0.495 e. The first-order valence-corrected chi connectivity index (χ1v) is 11.4. The summed E-state index contributed by atoms with van der Waals surface area (Å²) in [7, 11) is -2.20. The summed E-state index contributed by atoms with van der Waals surface area (Å²) in [6.45, 7) is 1.05. The van der Waals surface area contributed by atoms with Crippen LogP contribution in [0.5, 0.6) is 5.75 Å². The van der Waals surface area contributed by atoms with Crippen LogP contribution >= 0.6 is 11.6 Å². The molecule has 0 heterocycles. The number of benzene rings is 3. The molecule has 0 aliphatic rings. The van der Waals surface area contributed by atoms with Gasteiger partial charge in [-0.3, -0.25) is 0 Å². The van der Waals surface area contributed by atoms with Gasteiger partial charge in [-0.05, 0) is 60.5 Å². The summed E-state index contributed by atoms with van der Waals surface area (Å²) in [6, 6.07) is 20.6. The lowest BCUT2D eigenvalue weighted by molar-refractivity contribution is 0.175. The van der Waals surface area contributed by atoms with E-state index in [4.69, 9.17) is 16.3 Å². The lowest BCUT2D eigenvalue weighted by atomic mass is 10.1. The van der Waals surface area contributed by atoms with E-state index >= 15 is 0 Å². The van der Waals surface area contributed by atoms with Crippen molar-refractivity contribution in [1.82, 2.24) is 5.32 Å². The van der Waals surface area contributed by atoms with Gasteiger partial charge in [0.25, 0.3) is 0 Å². The molecule has 3 aromatic rings. The van der Waals surface area contributed by atoms with Crippen molar-refractivity contribution in [2.24, 2.45) is 0 Å². The average Bonchev–Trinajstić information content (AvgIpc) is 2.77. The summed E-state index contributed by atoms with van der Waals surface area (Å²) in [6.07, 6.45) is 0.0640. The van der Waals surface area contributed by atoms with Crippen molar-refractivity contribution >= 4 is 21.4 Å². The van der Waals surface area contributed by atoms with Crippen LogP contribution in [0.4, 0.5) is 0 Å². The Morgan fingerprint density at radius 2 is 1.77 bits per heavy atom. The van der Waals surface area contributed by atoms with Crippen LogP contribution in [0, 0.1) is 0 Å². The van der Waals surface area contributed by atoms with Gasteiger partial charge in [0.2, 0.25) is 9.84 Å². The number of nitrogens with one attached hydrogen (secondary N) is 1. The lowest BCUT2D eigenvalue weighted by Gasteiger charge is -2.13. The molecule has 0 aliphatic heterocycles. The maximum Gasteiger partial charge on any atom is 0.210 e. The number of hydrogen-bond donors (Lipinski definition) is 2. The third kappa shape index (κ3) is 5.40. The minimum atomic E-state index is -3.65. The summed E-state index contributed by atoms with van der Waals surface area (Å²) in [5.74, 6) is 0.323. The number of hydrogen-bond acceptors (Lipinski definition) is 5. The summed E-state index contributed by atoms with van der Waals surface area (Å²) in [4.78, 5) is 0.372. The fourth-order valence-corrected chi connectivity index (χ4v) is 4.73. The fraction of sp³-hybridized carbons (Fsp3) is 0.217. The molecule has 3 aromatic carbocycles. The molecule has 2 N–H and O–H groups in total. The number of methoxy groups -OCH3 is 1. The molecule has 0 saturated heterocycles. The van der Waals surface area contributed by atoms with Gasteiger partial charge in [0, 0.05) is 11.6 Å². The van der Waals surface area contributed by atoms with Crippen molar-refractivity contribution in [3.8, 4) is 5.75 Å². The van der Waals surface area contributed by atoms with E-state index in [2.05, 4.69) is 5.32 Å². The molecule has 0 saturated carbocycles. The Bertz CT molecular complexity index is 1080. The third-order valence-electron chi connectivity index (χ3n) is 4.75. The van der Waals surface area contributed by atoms with Crippen LogP contribution in [0.1, 0.15) is 17.2 Å². The van der Waals surface area contributed by atoms with Crippen LogP contribution in [0.2, 0.25) is 5.02 Å². The van der Waals surface area contributed by atoms with E-state index in [1.807, 2.05) is 12.1 Å². The molecule has 0 amide bonds. The van der Waals surface area contributed by atoms with E-state index in [0.717, 1.165) is 11.1 Å². The smallest absolute Gasteiger partial charge is 0.210 e. The Kier molecular flexibility index (Phi) is 7.50. The van der Waals surface area contributed by atoms with Gasteiger partial charge in [-0.15, -0.1) is 0 Å². The van der Waals surface area contributed by atoms with E-state index in [0.29, 0.717) is 30.3 Å². The minimum absolute atomic E-state index is 0.150. The molecule has 0 spiro atoms. The van der Waals surface area contributed by atoms with E-state index in [1.165, 1.54) is 13.2 Å². The summed E-state index contributed by atoms with van der Waals surface area (Å²) in [5.41, 5.74) is 1.76. The predicted octanol–water partition coefficient (Wildman–Crippen LogP) is 4.05. The molecule has 3 rings (SSSR count). The fourth-order valence-electron chi connectivity index (χ4n) is 3.11. The van der Waals surface area contributed by atoms with Gasteiger partial charge >= 0.3 is 0 Å². The van der Waals surface area contributed by atoms with Gasteiger partial charge in [-0.1, -0.05) is 48.0 Å². The second-order valence-corrected chi connectivity index (χ2v) is 9.18. The van der Waals surface area contributed by atoms with Gasteiger partial charge in [0.1, 0.15) is 10.6 Å². The zero-order valence-corrected chi connectivity index (χ0v) is 18.2. The zero-order chi connectivity index (χ0) is 21.6. The maximum atomic E-state index is 12.9. The van der Waals surface area contributed by atoms with Gasteiger partial charge < -0.3 is 15.2 Å².